The Balaban J connectivity index is 1.48. The van der Waals surface area contributed by atoms with E-state index < -0.39 is 0 Å². The van der Waals surface area contributed by atoms with Gasteiger partial charge in [0.1, 0.15) is 0 Å². The molecular formula is C17H19N5S. The van der Waals surface area contributed by atoms with Gasteiger partial charge in [0.15, 0.2) is 0 Å². The van der Waals surface area contributed by atoms with Crippen LogP contribution in [0.3, 0.4) is 0 Å². The second-order valence-electron chi connectivity index (χ2n) is 5.85. The fourth-order valence-electron chi connectivity index (χ4n) is 2.97. The number of pyridine rings is 1. The number of fused-ring (bicyclic) bond motifs is 1. The highest BCUT2D eigenvalue weighted by atomic mass is 32.1. The van der Waals surface area contributed by atoms with Crippen LogP contribution in [0.15, 0.2) is 36.0 Å². The lowest BCUT2D eigenvalue weighted by atomic mass is 10.1. The van der Waals surface area contributed by atoms with Crippen LogP contribution >= 0.6 is 11.3 Å². The molecule has 1 aliphatic heterocycles. The van der Waals surface area contributed by atoms with Crippen molar-refractivity contribution in [1.29, 1.82) is 0 Å². The Kier molecular flexibility index (Phi) is 4.28. The zero-order valence-electron chi connectivity index (χ0n) is 12.8. The molecule has 6 heteroatoms. The average molecular weight is 325 g/mol. The Morgan fingerprint density at radius 1 is 1.22 bits per heavy atom. The van der Waals surface area contributed by atoms with Crippen LogP contribution in [0.1, 0.15) is 18.5 Å². The highest BCUT2D eigenvalue weighted by Gasteiger charge is 2.12. The molecule has 2 N–H and O–H groups in total. The predicted octanol–water partition coefficient (Wildman–Crippen LogP) is 2.59. The van der Waals surface area contributed by atoms with Gasteiger partial charge >= 0.3 is 0 Å². The van der Waals surface area contributed by atoms with E-state index in [1.807, 2.05) is 18.5 Å². The first kappa shape index (κ1) is 14.7. The Morgan fingerprint density at radius 3 is 3.04 bits per heavy atom. The van der Waals surface area contributed by atoms with E-state index in [1.54, 1.807) is 11.3 Å². The number of piperidine rings is 1. The molecule has 5 nitrogen and oxygen atoms in total. The van der Waals surface area contributed by atoms with Crippen LogP contribution in [0.2, 0.25) is 0 Å². The maximum Gasteiger partial charge on any atom is 0.0951 e. The monoisotopic (exact) mass is 325 g/mol. The number of aromatic nitrogens is 3. The lowest BCUT2D eigenvalue weighted by Gasteiger charge is -2.23. The normalized spacial score (nSPS) is 18.3. The molecule has 118 valence electrons. The van der Waals surface area contributed by atoms with E-state index in [0.29, 0.717) is 6.04 Å². The van der Waals surface area contributed by atoms with E-state index in [4.69, 9.17) is 0 Å². The van der Waals surface area contributed by atoms with E-state index in [1.165, 1.54) is 22.9 Å². The number of hydrogen-bond donors (Lipinski definition) is 2. The largest absolute Gasteiger partial charge is 0.315 e. The molecular weight excluding hydrogens is 306 g/mol. The molecule has 4 rings (SSSR count). The van der Waals surface area contributed by atoms with Crippen molar-refractivity contribution in [2.45, 2.75) is 25.4 Å². The molecule has 4 heterocycles. The summed E-state index contributed by atoms with van der Waals surface area (Å²) in [7, 11) is 0. The van der Waals surface area contributed by atoms with E-state index >= 15 is 0 Å². The van der Waals surface area contributed by atoms with Gasteiger partial charge in [-0.2, -0.15) is 10.2 Å². The molecule has 23 heavy (non-hydrogen) atoms. The molecule has 3 aromatic rings. The van der Waals surface area contributed by atoms with Crippen molar-refractivity contribution in [1.82, 2.24) is 25.8 Å². The van der Waals surface area contributed by atoms with Crippen molar-refractivity contribution in [3.8, 4) is 11.3 Å². The van der Waals surface area contributed by atoms with Crippen LogP contribution in [0.25, 0.3) is 21.3 Å². The number of thiophene rings is 1. The third-order valence-electron chi connectivity index (χ3n) is 4.25. The Labute approximate surface area is 139 Å². The Hall–Kier alpha value is -1.89. The number of hydrogen-bond acceptors (Lipinski definition) is 6. The van der Waals surface area contributed by atoms with Crippen LogP contribution < -0.4 is 10.6 Å². The van der Waals surface area contributed by atoms with Gasteiger partial charge in [0.25, 0.3) is 0 Å². The predicted molar refractivity (Wildman–Crippen MR) is 93.4 cm³/mol. The molecule has 1 fully saturated rings. The Morgan fingerprint density at radius 2 is 2.22 bits per heavy atom. The van der Waals surface area contributed by atoms with Crippen LogP contribution in [-0.2, 0) is 6.54 Å². The third kappa shape index (κ3) is 3.24. The summed E-state index contributed by atoms with van der Waals surface area (Å²) >= 11 is 1.70. The van der Waals surface area contributed by atoms with Crippen molar-refractivity contribution in [3.05, 3.63) is 41.7 Å². The summed E-state index contributed by atoms with van der Waals surface area (Å²) in [6, 6.07) is 6.74. The molecule has 0 aromatic carbocycles. The van der Waals surface area contributed by atoms with Gasteiger partial charge in [0.2, 0.25) is 0 Å². The zero-order chi connectivity index (χ0) is 15.5. The number of nitrogens with one attached hydrogen (secondary N) is 2. The second-order valence-corrected chi connectivity index (χ2v) is 6.80. The minimum absolute atomic E-state index is 0.536. The van der Waals surface area contributed by atoms with Gasteiger partial charge in [-0.3, -0.25) is 4.98 Å². The second kappa shape index (κ2) is 6.70. The van der Waals surface area contributed by atoms with E-state index in [2.05, 4.69) is 43.3 Å². The smallest absolute Gasteiger partial charge is 0.0951 e. The number of rotatable bonds is 4. The van der Waals surface area contributed by atoms with Gasteiger partial charge in [0, 0.05) is 42.5 Å². The van der Waals surface area contributed by atoms with Gasteiger partial charge in [0.05, 0.1) is 16.1 Å². The fraction of sp³-hybridized carbons (Fsp3) is 0.353. The highest BCUT2D eigenvalue weighted by Crippen LogP contribution is 2.29. The summed E-state index contributed by atoms with van der Waals surface area (Å²) < 4.78 is 1.18. The van der Waals surface area contributed by atoms with Crippen molar-refractivity contribution >= 4 is 21.4 Å². The molecule has 0 radical (unpaired) electrons. The van der Waals surface area contributed by atoms with E-state index in [9.17, 15) is 0 Å². The summed E-state index contributed by atoms with van der Waals surface area (Å²) in [5.74, 6) is 0. The minimum Gasteiger partial charge on any atom is -0.315 e. The van der Waals surface area contributed by atoms with Crippen molar-refractivity contribution in [2.24, 2.45) is 0 Å². The first-order valence-corrected chi connectivity index (χ1v) is 8.86. The van der Waals surface area contributed by atoms with E-state index in [0.717, 1.165) is 36.6 Å². The molecule has 1 atom stereocenters. The topological polar surface area (TPSA) is 62.7 Å². The van der Waals surface area contributed by atoms with Crippen LogP contribution in [0.4, 0.5) is 0 Å². The van der Waals surface area contributed by atoms with Crippen molar-refractivity contribution in [3.63, 3.8) is 0 Å². The van der Waals surface area contributed by atoms with Gasteiger partial charge < -0.3 is 10.6 Å². The van der Waals surface area contributed by atoms with Gasteiger partial charge in [-0.05, 0) is 43.0 Å². The van der Waals surface area contributed by atoms with Crippen molar-refractivity contribution in [2.75, 3.05) is 13.1 Å². The first-order valence-electron chi connectivity index (χ1n) is 7.98. The Bertz CT molecular complexity index is 777. The SMILES string of the molecule is c1cc2c(-c3ccc(CNC4CCCNC4)nn3)cncc2s1. The first-order chi connectivity index (χ1) is 11.4. The lowest BCUT2D eigenvalue weighted by molar-refractivity contribution is 0.387. The fourth-order valence-corrected chi connectivity index (χ4v) is 3.75. The minimum atomic E-state index is 0.536. The average Bonchev–Trinajstić information content (AvgIpc) is 3.10. The van der Waals surface area contributed by atoms with Crippen molar-refractivity contribution < 1.29 is 0 Å². The summed E-state index contributed by atoms with van der Waals surface area (Å²) in [5.41, 5.74) is 2.90. The van der Waals surface area contributed by atoms with Crippen LogP contribution in [0.5, 0.6) is 0 Å². The highest BCUT2D eigenvalue weighted by molar-refractivity contribution is 7.17. The van der Waals surface area contributed by atoms with E-state index in [-0.39, 0.29) is 0 Å². The summed E-state index contributed by atoms with van der Waals surface area (Å²) in [5, 5.41) is 19.0. The standard InChI is InChI=1S/C17H19N5S/c1-2-12(8-18-6-1)20-9-13-3-4-16(22-21-13)15-10-19-11-17-14(15)5-7-23-17/h3-5,7,10-12,18,20H,1-2,6,8-9H2. The molecule has 1 saturated heterocycles. The molecule has 0 amide bonds. The quantitative estimate of drug-likeness (QED) is 0.772. The number of nitrogens with zero attached hydrogens (tertiary/aromatic N) is 3. The van der Waals surface area contributed by atoms with Crippen LogP contribution in [-0.4, -0.2) is 34.3 Å². The molecule has 0 aliphatic carbocycles. The maximum absolute atomic E-state index is 4.40. The lowest BCUT2D eigenvalue weighted by Crippen LogP contribution is -2.42. The summed E-state index contributed by atoms with van der Waals surface area (Å²) in [4.78, 5) is 4.30. The summed E-state index contributed by atoms with van der Waals surface area (Å²) in [6.07, 6.45) is 6.22. The molecule has 0 bridgehead atoms. The van der Waals surface area contributed by atoms with Gasteiger partial charge in [-0.15, -0.1) is 11.3 Å². The molecule has 1 aliphatic rings. The summed E-state index contributed by atoms with van der Waals surface area (Å²) in [6.45, 7) is 2.94. The van der Waals surface area contributed by atoms with Crippen LogP contribution in [0, 0.1) is 0 Å². The molecule has 1 unspecified atom stereocenters. The third-order valence-corrected chi connectivity index (χ3v) is 5.10. The zero-order valence-corrected chi connectivity index (χ0v) is 13.6. The van der Waals surface area contributed by atoms with Gasteiger partial charge in [-0.25, -0.2) is 0 Å². The molecule has 0 saturated carbocycles. The molecule has 0 spiro atoms. The molecule has 3 aromatic heterocycles. The maximum atomic E-state index is 4.40. The van der Waals surface area contributed by atoms with Gasteiger partial charge in [-0.1, -0.05) is 0 Å².